The molecule has 1 amide bonds. The van der Waals surface area contributed by atoms with Crippen molar-refractivity contribution < 1.29 is 23.1 Å². The van der Waals surface area contributed by atoms with Crippen LogP contribution in [0.5, 0.6) is 5.75 Å². The molecule has 0 saturated carbocycles. The number of carbonyl (C=O) groups is 1. The number of alkyl halides is 3. The van der Waals surface area contributed by atoms with Crippen LogP contribution in [0.2, 0.25) is 0 Å². The molecule has 0 fully saturated rings. The van der Waals surface area contributed by atoms with Gasteiger partial charge in [0.25, 0.3) is 0 Å². The number of phenolic OH excluding ortho intramolecular Hbond substituents is 1. The van der Waals surface area contributed by atoms with E-state index in [2.05, 4.69) is 5.32 Å². The maximum absolute atomic E-state index is 12.5. The lowest BCUT2D eigenvalue weighted by molar-refractivity contribution is -0.137. The monoisotopic (exact) mass is 338 g/mol. The maximum atomic E-state index is 12.5. The van der Waals surface area contributed by atoms with Crippen molar-refractivity contribution in [1.29, 1.82) is 0 Å². The maximum Gasteiger partial charge on any atom is 0.416 e. The Bertz CT molecular complexity index is 682. The summed E-state index contributed by atoms with van der Waals surface area (Å²) in [5.41, 5.74) is 6.42. The predicted molar refractivity (Wildman–Crippen MR) is 83.1 cm³/mol. The third kappa shape index (κ3) is 4.99. The van der Waals surface area contributed by atoms with Gasteiger partial charge in [-0.3, -0.25) is 4.79 Å². The van der Waals surface area contributed by atoms with Crippen molar-refractivity contribution in [2.75, 3.05) is 0 Å². The van der Waals surface area contributed by atoms with Crippen molar-refractivity contribution >= 4 is 5.91 Å². The summed E-state index contributed by atoms with van der Waals surface area (Å²) in [6.45, 7) is 0.0975. The van der Waals surface area contributed by atoms with Crippen LogP contribution in [0.3, 0.4) is 0 Å². The van der Waals surface area contributed by atoms with E-state index >= 15 is 0 Å². The fourth-order valence-electron chi connectivity index (χ4n) is 2.11. The predicted octanol–water partition coefficient (Wildman–Crippen LogP) is 2.60. The van der Waals surface area contributed by atoms with Gasteiger partial charge in [-0.05, 0) is 41.8 Å². The lowest BCUT2D eigenvalue weighted by Gasteiger charge is -2.13. The summed E-state index contributed by atoms with van der Waals surface area (Å²) >= 11 is 0. The minimum atomic E-state index is -4.38. The number of nitrogens with two attached hydrogens (primary N) is 1. The molecule has 0 heterocycles. The molecule has 0 aliphatic rings. The molecule has 128 valence electrons. The van der Waals surface area contributed by atoms with Crippen molar-refractivity contribution in [3.8, 4) is 5.75 Å². The molecule has 0 aliphatic heterocycles. The lowest BCUT2D eigenvalue weighted by atomic mass is 10.1. The van der Waals surface area contributed by atoms with Gasteiger partial charge in [-0.2, -0.15) is 13.2 Å². The Morgan fingerprint density at radius 1 is 1.04 bits per heavy atom. The van der Waals surface area contributed by atoms with Gasteiger partial charge >= 0.3 is 6.18 Å². The second-order valence-corrected chi connectivity index (χ2v) is 5.39. The quantitative estimate of drug-likeness (QED) is 0.784. The van der Waals surface area contributed by atoms with Crippen LogP contribution in [0.1, 0.15) is 16.7 Å². The highest BCUT2D eigenvalue weighted by Gasteiger charge is 2.29. The van der Waals surface area contributed by atoms with E-state index in [-0.39, 0.29) is 12.3 Å². The first-order valence-corrected chi connectivity index (χ1v) is 7.23. The highest BCUT2D eigenvalue weighted by Crippen LogP contribution is 2.29. The highest BCUT2D eigenvalue weighted by atomic mass is 19.4. The number of aromatic hydroxyl groups is 1. The van der Waals surface area contributed by atoms with Gasteiger partial charge in [0.05, 0.1) is 11.6 Å². The van der Waals surface area contributed by atoms with Gasteiger partial charge in [0.15, 0.2) is 0 Å². The zero-order valence-electron chi connectivity index (χ0n) is 12.7. The van der Waals surface area contributed by atoms with Gasteiger partial charge in [0.1, 0.15) is 5.75 Å². The molecule has 24 heavy (non-hydrogen) atoms. The minimum absolute atomic E-state index is 0.0975. The number of hydrogen-bond acceptors (Lipinski definition) is 3. The third-order valence-electron chi connectivity index (χ3n) is 3.48. The number of hydrogen-bond donors (Lipinski definition) is 3. The number of carbonyl (C=O) groups excluding carboxylic acids is 1. The van der Waals surface area contributed by atoms with E-state index in [0.717, 1.165) is 17.7 Å². The first-order chi connectivity index (χ1) is 11.3. The second kappa shape index (κ2) is 7.35. The number of nitrogens with one attached hydrogen (secondary N) is 1. The molecule has 0 radical (unpaired) electrons. The highest BCUT2D eigenvalue weighted by molar-refractivity contribution is 5.81. The summed E-state index contributed by atoms with van der Waals surface area (Å²) < 4.78 is 37.4. The number of halogens is 3. The Hall–Kier alpha value is -2.54. The van der Waals surface area contributed by atoms with Crippen LogP contribution < -0.4 is 11.1 Å². The Balaban J connectivity index is 1.86. The van der Waals surface area contributed by atoms with E-state index in [9.17, 15) is 23.1 Å². The van der Waals surface area contributed by atoms with Gasteiger partial charge < -0.3 is 16.2 Å². The molecule has 4 N–H and O–H groups in total. The molecule has 7 heteroatoms. The Kier molecular flexibility index (Phi) is 5.46. The lowest BCUT2D eigenvalue weighted by Crippen LogP contribution is -2.41. The van der Waals surface area contributed by atoms with Gasteiger partial charge in [-0.1, -0.05) is 24.3 Å². The molecule has 2 aromatic rings. The molecule has 0 aromatic heterocycles. The number of benzene rings is 2. The van der Waals surface area contributed by atoms with E-state index in [1.165, 1.54) is 24.3 Å². The van der Waals surface area contributed by atoms with Crippen molar-refractivity contribution in [3.63, 3.8) is 0 Å². The second-order valence-electron chi connectivity index (χ2n) is 5.39. The zero-order valence-corrected chi connectivity index (χ0v) is 12.7. The smallest absolute Gasteiger partial charge is 0.416 e. The van der Waals surface area contributed by atoms with Gasteiger partial charge in [0, 0.05) is 6.54 Å². The summed E-state index contributed by atoms with van der Waals surface area (Å²) in [6.07, 6.45) is -4.09. The average Bonchev–Trinajstić information content (AvgIpc) is 2.54. The molecule has 2 rings (SSSR count). The van der Waals surface area contributed by atoms with Crippen LogP contribution in [0, 0.1) is 0 Å². The topological polar surface area (TPSA) is 75.3 Å². The first-order valence-electron chi connectivity index (χ1n) is 7.23. The molecule has 1 atom stereocenters. The fourth-order valence-corrected chi connectivity index (χ4v) is 2.11. The van der Waals surface area contributed by atoms with Crippen LogP contribution in [0.25, 0.3) is 0 Å². The minimum Gasteiger partial charge on any atom is -0.508 e. The summed E-state index contributed by atoms with van der Waals surface area (Å²) in [6, 6.07) is 10.1. The summed E-state index contributed by atoms with van der Waals surface area (Å²) in [5, 5.41) is 11.8. The van der Waals surface area contributed by atoms with E-state index in [4.69, 9.17) is 5.73 Å². The molecular weight excluding hydrogens is 321 g/mol. The average molecular weight is 338 g/mol. The van der Waals surface area contributed by atoms with Crippen LogP contribution in [-0.2, 0) is 23.9 Å². The van der Waals surface area contributed by atoms with Crippen molar-refractivity contribution in [1.82, 2.24) is 5.32 Å². The van der Waals surface area contributed by atoms with Gasteiger partial charge in [0.2, 0.25) is 5.91 Å². The van der Waals surface area contributed by atoms with Crippen molar-refractivity contribution in [2.45, 2.75) is 25.2 Å². The molecule has 0 spiro atoms. The van der Waals surface area contributed by atoms with Gasteiger partial charge in [-0.15, -0.1) is 0 Å². The molecule has 1 unspecified atom stereocenters. The largest absolute Gasteiger partial charge is 0.508 e. The Labute approximate surface area is 137 Å². The summed E-state index contributed by atoms with van der Waals surface area (Å²) in [4.78, 5) is 11.9. The van der Waals surface area contributed by atoms with Crippen LogP contribution in [-0.4, -0.2) is 17.1 Å². The van der Waals surface area contributed by atoms with Crippen LogP contribution in [0.15, 0.2) is 48.5 Å². The van der Waals surface area contributed by atoms with Crippen LogP contribution in [0.4, 0.5) is 13.2 Å². The fraction of sp³-hybridized carbons (Fsp3) is 0.235. The Morgan fingerprint density at radius 3 is 2.12 bits per heavy atom. The molecule has 2 aromatic carbocycles. The van der Waals surface area contributed by atoms with Crippen molar-refractivity contribution in [3.05, 3.63) is 65.2 Å². The van der Waals surface area contributed by atoms with Gasteiger partial charge in [-0.25, -0.2) is 0 Å². The van der Waals surface area contributed by atoms with E-state index in [0.29, 0.717) is 12.0 Å². The molecular formula is C17H17F3N2O2. The van der Waals surface area contributed by atoms with E-state index in [1.54, 1.807) is 12.1 Å². The van der Waals surface area contributed by atoms with Crippen molar-refractivity contribution in [2.24, 2.45) is 5.73 Å². The van der Waals surface area contributed by atoms with Crippen LogP contribution >= 0.6 is 0 Å². The summed E-state index contributed by atoms with van der Waals surface area (Å²) in [7, 11) is 0. The zero-order chi connectivity index (χ0) is 17.7. The Morgan fingerprint density at radius 2 is 1.58 bits per heavy atom. The SMILES string of the molecule is NC(Cc1ccc(O)cc1)C(=O)NCc1ccc(C(F)(F)F)cc1. The third-order valence-corrected chi connectivity index (χ3v) is 3.48. The first kappa shape index (κ1) is 17.8. The summed E-state index contributed by atoms with van der Waals surface area (Å²) in [5.74, 6) is -0.276. The number of phenols is 1. The molecule has 4 nitrogen and oxygen atoms in total. The number of rotatable bonds is 5. The normalized spacial score (nSPS) is 12.7. The molecule has 0 saturated heterocycles. The van der Waals surface area contributed by atoms with E-state index < -0.39 is 23.7 Å². The molecule has 0 aliphatic carbocycles. The molecule has 0 bridgehead atoms. The van der Waals surface area contributed by atoms with E-state index in [1.807, 2.05) is 0 Å². The standard InChI is InChI=1S/C17H17F3N2O2/c18-17(19,20)13-5-1-12(2-6-13)10-22-16(24)15(21)9-11-3-7-14(23)8-4-11/h1-8,15,23H,9-10,21H2,(H,22,24). The number of amides is 1.